The SMILES string of the molecule is CC(C)(C)c1nc(C(N)c2ncon2)cs1. The lowest BCUT2D eigenvalue weighted by molar-refractivity contribution is 0.407. The van der Waals surface area contributed by atoms with Gasteiger partial charge < -0.3 is 10.3 Å². The van der Waals surface area contributed by atoms with Crippen LogP contribution in [0.5, 0.6) is 0 Å². The van der Waals surface area contributed by atoms with Gasteiger partial charge in [-0.1, -0.05) is 25.9 Å². The van der Waals surface area contributed by atoms with Gasteiger partial charge in [-0.3, -0.25) is 0 Å². The molecule has 2 heterocycles. The minimum atomic E-state index is -0.411. The Morgan fingerprint density at radius 2 is 2.19 bits per heavy atom. The summed E-state index contributed by atoms with van der Waals surface area (Å²) in [6.45, 7) is 6.36. The van der Waals surface area contributed by atoms with Crippen molar-refractivity contribution in [3.8, 4) is 0 Å². The number of nitrogens with two attached hydrogens (primary N) is 1. The molecule has 2 N–H and O–H groups in total. The second kappa shape index (κ2) is 3.95. The molecular weight excluding hydrogens is 224 g/mol. The molecule has 0 aliphatic rings. The predicted molar refractivity (Wildman–Crippen MR) is 61.1 cm³/mol. The van der Waals surface area contributed by atoms with Crippen molar-refractivity contribution in [1.82, 2.24) is 15.1 Å². The topological polar surface area (TPSA) is 77.8 Å². The van der Waals surface area contributed by atoms with E-state index in [0.717, 1.165) is 10.7 Å². The molecule has 0 aliphatic heterocycles. The van der Waals surface area contributed by atoms with E-state index < -0.39 is 6.04 Å². The molecule has 0 aromatic carbocycles. The summed E-state index contributed by atoms with van der Waals surface area (Å²) in [6, 6.07) is -0.411. The molecule has 0 amide bonds. The van der Waals surface area contributed by atoms with Crippen molar-refractivity contribution in [3.63, 3.8) is 0 Å². The standard InChI is InChI=1S/C10H14N4OS/c1-10(2,3)9-13-6(4-16-9)7(11)8-12-5-15-14-8/h4-5,7H,11H2,1-3H3. The van der Waals surface area contributed by atoms with Gasteiger partial charge in [0.25, 0.3) is 0 Å². The van der Waals surface area contributed by atoms with Crippen LogP contribution in [0.2, 0.25) is 0 Å². The molecule has 6 heteroatoms. The summed E-state index contributed by atoms with van der Waals surface area (Å²) in [6.07, 6.45) is 1.27. The Morgan fingerprint density at radius 3 is 2.69 bits per heavy atom. The van der Waals surface area contributed by atoms with E-state index in [9.17, 15) is 0 Å². The van der Waals surface area contributed by atoms with E-state index in [-0.39, 0.29) is 5.41 Å². The Labute approximate surface area is 97.7 Å². The number of thiazole rings is 1. The predicted octanol–water partition coefficient (Wildman–Crippen LogP) is 1.87. The third-order valence-electron chi connectivity index (χ3n) is 2.14. The average Bonchev–Trinajstić information content (AvgIpc) is 2.87. The van der Waals surface area contributed by atoms with Gasteiger partial charge in [0.05, 0.1) is 10.7 Å². The average molecular weight is 238 g/mol. The van der Waals surface area contributed by atoms with Gasteiger partial charge in [0.1, 0.15) is 6.04 Å². The highest BCUT2D eigenvalue weighted by Gasteiger charge is 2.22. The van der Waals surface area contributed by atoms with Crippen molar-refractivity contribution < 1.29 is 4.52 Å². The van der Waals surface area contributed by atoms with Crippen molar-refractivity contribution in [2.45, 2.75) is 32.2 Å². The van der Waals surface area contributed by atoms with Crippen molar-refractivity contribution in [1.29, 1.82) is 0 Å². The first-order valence-electron chi connectivity index (χ1n) is 4.96. The molecule has 0 saturated carbocycles. The molecule has 5 nitrogen and oxygen atoms in total. The normalized spacial score (nSPS) is 14.0. The zero-order valence-electron chi connectivity index (χ0n) is 9.47. The smallest absolute Gasteiger partial charge is 0.213 e. The van der Waals surface area contributed by atoms with Gasteiger partial charge in [0, 0.05) is 10.8 Å². The summed E-state index contributed by atoms with van der Waals surface area (Å²) in [4.78, 5) is 8.44. The fourth-order valence-electron chi connectivity index (χ4n) is 1.22. The van der Waals surface area contributed by atoms with Crippen molar-refractivity contribution in [2.24, 2.45) is 5.73 Å². The zero-order chi connectivity index (χ0) is 11.8. The lowest BCUT2D eigenvalue weighted by atomic mass is 9.98. The van der Waals surface area contributed by atoms with Crippen LogP contribution in [0.4, 0.5) is 0 Å². The molecule has 1 unspecified atom stereocenters. The Morgan fingerprint density at radius 1 is 1.44 bits per heavy atom. The third-order valence-corrected chi connectivity index (χ3v) is 3.42. The van der Waals surface area contributed by atoms with Crippen molar-refractivity contribution in [2.75, 3.05) is 0 Å². The molecule has 86 valence electrons. The van der Waals surface area contributed by atoms with Crippen molar-refractivity contribution in [3.05, 3.63) is 28.3 Å². The van der Waals surface area contributed by atoms with E-state index in [4.69, 9.17) is 5.73 Å². The summed E-state index contributed by atoms with van der Waals surface area (Å²) < 4.78 is 4.67. The first-order valence-corrected chi connectivity index (χ1v) is 5.84. The highest BCUT2D eigenvalue weighted by molar-refractivity contribution is 7.09. The summed E-state index contributed by atoms with van der Waals surface area (Å²) in [5.74, 6) is 0.464. The monoisotopic (exact) mass is 238 g/mol. The fourth-order valence-corrected chi connectivity index (χ4v) is 2.16. The van der Waals surface area contributed by atoms with Crippen LogP contribution < -0.4 is 5.73 Å². The van der Waals surface area contributed by atoms with Gasteiger partial charge >= 0.3 is 0 Å². The van der Waals surface area contributed by atoms with Crippen LogP contribution >= 0.6 is 11.3 Å². The first-order chi connectivity index (χ1) is 7.48. The Balaban J connectivity index is 2.26. The van der Waals surface area contributed by atoms with Crippen LogP contribution in [-0.2, 0) is 5.41 Å². The molecule has 0 radical (unpaired) electrons. The highest BCUT2D eigenvalue weighted by atomic mass is 32.1. The van der Waals surface area contributed by atoms with Crippen LogP contribution in [0.1, 0.15) is 43.3 Å². The van der Waals surface area contributed by atoms with Gasteiger partial charge in [-0.2, -0.15) is 4.98 Å². The molecule has 0 bridgehead atoms. The Bertz CT molecular complexity index is 457. The van der Waals surface area contributed by atoms with Crippen LogP contribution in [-0.4, -0.2) is 15.1 Å². The molecule has 2 aromatic heterocycles. The van der Waals surface area contributed by atoms with E-state index in [1.165, 1.54) is 6.39 Å². The summed E-state index contributed by atoms with van der Waals surface area (Å²) >= 11 is 1.60. The van der Waals surface area contributed by atoms with Crippen molar-refractivity contribution >= 4 is 11.3 Å². The third kappa shape index (κ3) is 2.12. The quantitative estimate of drug-likeness (QED) is 0.864. The van der Waals surface area contributed by atoms with E-state index >= 15 is 0 Å². The van der Waals surface area contributed by atoms with Gasteiger partial charge in [-0.15, -0.1) is 11.3 Å². The lowest BCUT2D eigenvalue weighted by Gasteiger charge is -2.13. The van der Waals surface area contributed by atoms with Crippen LogP contribution in [0, 0.1) is 0 Å². The Kier molecular flexibility index (Phi) is 2.77. The lowest BCUT2D eigenvalue weighted by Crippen LogP contribution is -2.16. The molecular formula is C10H14N4OS. The summed E-state index contributed by atoms with van der Waals surface area (Å²) in [7, 11) is 0. The van der Waals surface area contributed by atoms with Crippen LogP contribution in [0.3, 0.4) is 0 Å². The number of nitrogens with zero attached hydrogens (tertiary/aromatic N) is 3. The number of rotatable bonds is 2. The molecule has 0 fully saturated rings. The largest absolute Gasteiger partial charge is 0.343 e. The van der Waals surface area contributed by atoms with E-state index in [1.54, 1.807) is 11.3 Å². The number of hydrogen-bond donors (Lipinski definition) is 1. The minimum Gasteiger partial charge on any atom is -0.343 e. The summed E-state index contributed by atoms with van der Waals surface area (Å²) in [5, 5.41) is 6.72. The first kappa shape index (κ1) is 11.2. The van der Waals surface area contributed by atoms with Gasteiger partial charge in [-0.25, -0.2) is 4.98 Å². The molecule has 0 aliphatic carbocycles. The van der Waals surface area contributed by atoms with Gasteiger partial charge in [0.2, 0.25) is 6.39 Å². The molecule has 0 saturated heterocycles. The molecule has 2 rings (SSSR count). The molecule has 2 aromatic rings. The maximum Gasteiger partial charge on any atom is 0.213 e. The van der Waals surface area contributed by atoms with Gasteiger partial charge in [-0.05, 0) is 0 Å². The van der Waals surface area contributed by atoms with E-state index in [1.807, 2.05) is 5.38 Å². The zero-order valence-corrected chi connectivity index (χ0v) is 10.3. The minimum absolute atomic E-state index is 0.0416. The van der Waals surface area contributed by atoms with Crippen LogP contribution in [0.15, 0.2) is 16.3 Å². The fraction of sp³-hybridized carbons (Fsp3) is 0.500. The Hall–Kier alpha value is -1.27. The summed E-state index contributed by atoms with van der Waals surface area (Å²) in [5.41, 5.74) is 6.81. The second-order valence-corrected chi connectivity index (χ2v) is 5.45. The van der Waals surface area contributed by atoms with Gasteiger partial charge in [0.15, 0.2) is 5.82 Å². The van der Waals surface area contributed by atoms with Crippen LogP contribution in [0.25, 0.3) is 0 Å². The van der Waals surface area contributed by atoms with E-state index in [0.29, 0.717) is 5.82 Å². The van der Waals surface area contributed by atoms with E-state index in [2.05, 4.69) is 40.4 Å². The number of hydrogen-bond acceptors (Lipinski definition) is 6. The maximum absolute atomic E-state index is 5.98. The molecule has 0 spiro atoms. The molecule has 1 atom stereocenters. The highest BCUT2D eigenvalue weighted by Crippen LogP contribution is 2.28. The maximum atomic E-state index is 5.98. The number of aromatic nitrogens is 3. The molecule has 16 heavy (non-hydrogen) atoms. The second-order valence-electron chi connectivity index (χ2n) is 4.59.